The number of amides is 1. The third-order valence-electron chi connectivity index (χ3n) is 6.37. The van der Waals surface area contributed by atoms with Gasteiger partial charge >= 0.3 is 0 Å². The number of nitrogens with one attached hydrogen (secondary N) is 1. The summed E-state index contributed by atoms with van der Waals surface area (Å²) < 4.78 is 13.2. The Balaban J connectivity index is 1.32. The molecule has 1 saturated heterocycles. The maximum atomic E-state index is 13.2. The summed E-state index contributed by atoms with van der Waals surface area (Å²) in [5, 5.41) is 3.09. The standard InChI is InChI=1S/C28H32FN3O/c1-21-9-14-26(28(33)30-17-5-8-22-6-3-2-4-7-22)27(31-21)24-15-18-32(19-16-24)20-23-10-12-25(29)13-11-23/h2-4,6-7,9-14,24H,5,8,15-20H2,1H3,(H,30,33). The van der Waals surface area contributed by atoms with Crippen molar-refractivity contribution in [3.8, 4) is 0 Å². The van der Waals surface area contributed by atoms with Gasteiger partial charge in [-0.3, -0.25) is 14.7 Å². The van der Waals surface area contributed by atoms with Crippen LogP contribution in [0.25, 0.3) is 0 Å². The molecule has 1 amide bonds. The zero-order valence-corrected chi connectivity index (χ0v) is 19.3. The zero-order valence-electron chi connectivity index (χ0n) is 19.3. The van der Waals surface area contributed by atoms with Crippen molar-refractivity contribution in [2.75, 3.05) is 19.6 Å². The fourth-order valence-corrected chi connectivity index (χ4v) is 4.53. The summed E-state index contributed by atoms with van der Waals surface area (Å²) in [4.78, 5) is 20.2. The smallest absolute Gasteiger partial charge is 0.253 e. The molecular formula is C28H32FN3O. The Morgan fingerprint density at radius 3 is 2.45 bits per heavy atom. The second kappa shape index (κ2) is 11.2. The molecule has 3 aromatic rings. The number of piperidine rings is 1. The van der Waals surface area contributed by atoms with Gasteiger partial charge < -0.3 is 5.32 Å². The first-order chi connectivity index (χ1) is 16.1. The number of halogens is 1. The van der Waals surface area contributed by atoms with Crippen LogP contribution in [0.4, 0.5) is 4.39 Å². The lowest BCUT2D eigenvalue weighted by molar-refractivity contribution is 0.0950. The molecule has 1 aromatic heterocycles. The molecule has 0 unspecified atom stereocenters. The van der Waals surface area contributed by atoms with Crippen LogP contribution in [0.5, 0.6) is 0 Å². The quantitative estimate of drug-likeness (QED) is 0.481. The topological polar surface area (TPSA) is 45.2 Å². The van der Waals surface area contributed by atoms with Gasteiger partial charge in [0.25, 0.3) is 5.91 Å². The number of pyridine rings is 1. The lowest BCUT2D eigenvalue weighted by atomic mass is 9.89. The van der Waals surface area contributed by atoms with E-state index in [0.717, 1.165) is 62.3 Å². The molecule has 1 fully saturated rings. The molecule has 0 bridgehead atoms. The van der Waals surface area contributed by atoms with Gasteiger partial charge in [-0.15, -0.1) is 0 Å². The first-order valence-corrected chi connectivity index (χ1v) is 11.8. The highest BCUT2D eigenvalue weighted by molar-refractivity contribution is 5.95. The summed E-state index contributed by atoms with van der Waals surface area (Å²) in [6.07, 6.45) is 3.79. The number of carbonyl (C=O) groups excluding carboxylic acids is 1. The highest BCUT2D eigenvalue weighted by Crippen LogP contribution is 2.30. The minimum atomic E-state index is -0.200. The van der Waals surface area contributed by atoms with E-state index in [9.17, 15) is 9.18 Å². The largest absolute Gasteiger partial charge is 0.352 e. The number of nitrogens with zero attached hydrogens (tertiary/aromatic N) is 2. The van der Waals surface area contributed by atoms with Crippen LogP contribution < -0.4 is 5.32 Å². The van der Waals surface area contributed by atoms with E-state index >= 15 is 0 Å². The van der Waals surface area contributed by atoms with E-state index in [0.29, 0.717) is 12.1 Å². The van der Waals surface area contributed by atoms with Crippen molar-refractivity contribution < 1.29 is 9.18 Å². The molecule has 5 heteroatoms. The summed E-state index contributed by atoms with van der Waals surface area (Å²) in [5.74, 6) is 0.0487. The Hall–Kier alpha value is -3.05. The van der Waals surface area contributed by atoms with E-state index < -0.39 is 0 Å². The van der Waals surface area contributed by atoms with Gasteiger partial charge in [-0.25, -0.2) is 4.39 Å². The van der Waals surface area contributed by atoms with Crippen LogP contribution >= 0.6 is 0 Å². The van der Waals surface area contributed by atoms with Gasteiger partial charge in [-0.1, -0.05) is 42.5 Å². The van der Waals surface area contributed by atoms with Crippen molar-refractivity contribution >= 4 is 5.91 Å². The molecular weight excluding hydrogens is 413 g/mol. The Morgan fingerprint density at radius 2 is 1.73 bits per heavy atom. The van der Waals surface area contributed by atoms with Crippen LogP contribution in [0.1, 0.15) is 58.1 Å². The number of aryl methyl sites for hydroxylation is 2. The van der Waals surface area contributed by atoms with Crippen LogP contribution in [0, 0.1) is 12.7 Å². The van der Waals surface area contributed by atoms with E-state index in [2.05, 4.69) is 22.3 Å². The van der Waals surface area contributed by atoms with Crippen LogP contribution in [-0.2, 0) is 13.0 Å². The summed E-state index contributed by atoms with van der Waals surface area (Å²) in [6, 6.07) is 20.9. The molecule has 33 heavy (non-hydrogen) atoms. The Labute approximate surface area is 195 Å². The molecule has 2 heterocycles. The maximum absolute atomic E-state index is 13.2. The van der Waals surface area contributed by atoms with Crippen LogP contribution in [0.15, 0.2) is 66.7 Å². The molecule has 4 nitrogen and oxygen atoms in total. The van der Waals surface area contributed by atoms with Gasteiger partial charge in [-0.05, 0) is 81.1 Å². The van der Waals surface area contributed by atoms with E-state index in [-0.39, 0.29) is 17.6 Å². The third kappa shape index (κ3) is 6.48. The second-order valence-corrected chi connectivity index (χ2v) is 8.91. The number of carbonyl (C=O) groups is 1. The number of rotatable bonds is 8. The van der Waals surface area contributed by atoms with Crippen molar-refractivity contribution in [3.05, 3.63) is 101 Å². The summed E-state index contributed by atoms with van der Waals surface area (Å²) in [5.41, 5.74) is 4.99. The number of hydrogen-bond acceptors (Lipinski definition) is 3. The fraction of sp³-hybridized carbons (Fsp3) is 0.357. The average molecular weight is 446 g/mol. The van der Waals surface area contributed by atoms with Crippen LogP contribution in [0.2, 0.25) is 0 Å². The van der Waals surface area contributed by atoms with E-state index in [1.807, 2.05) is 49.4 Å². The molecule has 1 N–H and O–H groups in total. The second-order valence-electron chi connectivity index (χ2n) is 8.91. The lowest BCUT2D eigenvalue weighted by Gasteiger charge is -2.32. The molecule has 0 aliphatic carbocycles. The molecule has 1 aliphatic heterocycles. The first kappa shape index (κ1) is 23.1. The highest BCUT2D eigenvalue weighted by atomic mass is 19.1. The zero-order chi connectivity index (χ0) is 23.0. The highest BCUT2D eigenvalue weighted by Gasteiger charge is 2.26. The molecule has 172 valence electrons. The molecule has 0 radical (unpaired) electrons. The first-order valence-electron chi connectivity index (χ1n) is 11.8. The summed E-state index contributed by atoms with van der Waals surface area (Å²) in [7, 11) is 0. The van der Waals surface area contributed by atoms with Gasteiger partial charge in [0.15, 0.2) is 0 Å². The van der Waals surface area contributed by atoms with E-state index in [4.69, 9.17) is 4.98 Å². The summed E-state index contributed by atoms with van der Waals surface area (Å²) >= 11 is 0. The number of aromatic nitrogens is 1. The van der Waals surface area contributed by atoms with Crippen LogP contribution in [-0.4, -0.2) is 35.4 Å². The van der Waals surface area contributed by atoms with E-state index in [1.54, 1.807) is 0 Å². The van der Waals surface area contributed by atoms with Crippen LogP contribution in [0.3, 0.4) is 0 Å². The van der Waals surface area contributed by atoms with Gasteiger partial charge in [0, 0.05) is 24.7 Å². The minimum Gasteiger partial charge on any atom is -0.352 e. The van der Waals surface area contributed by atoms with Gasteiger partial charge in [0.1, 0.15) is 5.82 Å². The van der Waals surface area contributed by atoms with Crippen molar-refractivity contribution in [2.24, 2.45) is 0 Å². The monoisotopic (exact) mass is 445 g/mol. The SMILES string of the molecule is Cc1ccc(C(=O)NCCCc2ccccc2)c(C2CCN(Cc3ccc(F)cc3)CC2)n1. The minimum absolute atomic E-state index is 0.0284. The predicted octanol–water partition coefficient (Wildman–Crippen LogP) is 5.27. The fourth-order valence-electron chi connectivity index (χ4n) is 4.53. The summed E-state index contributed by atoms with van der Waals surface area (Å²) in [6.45, 7) is 5.33. The Bertz CT molecular complexity index is 1040. The van der Waals surface area contributed by atoms with Crippen molar-refractivity contribution in [1.82, 2.24) is 15.2 Å². The molecule has 2 aromatic carbocycles. The molecule has 1 aliphatic rings. The molecule has 0 saturated carbocycles. The number of hydrogen-bond donors (Lipinski definition) is 1. The van der Waals surface area contributed by atoms with Gasteiger partial charge in [0.05, 0.1) is 11.3 Å². The van der Waals surface area contributed by atoms with Crippen molar-refractivity contribution in [2.45, 2.75) is 45.1 Å². The Morgan fingerprint density at radius 1 is 1.00 bits per heavy atom. The number of likely N-dealkylation sites (tertiary alicyclic amines) is 1. The predicted molar refractivity (Wildman–Crippen MR) is 130 cm³/mol. The Kier molecular flexibility index (Phi) is 7.84. The number of benzene rings is 2. The van der Waals surface area contributed by atoms with Crippen molar-refractivity contribution in [3.63, 3.8) is 0 Å². The lowest BCUT2D eigenvalue weighted by Crippen LogP contribution is -2.34. The van der Waals surface area contributed by atoms with Gasteiger partial charge in [0.2, 0.25) is 0 Å². The van der Waals surface area contributed by atoms with E-state index in [1.165, 1.54) is 17.7 Å². The molecule has 0 atom stereocenters. The maximum Gasteiger partial charge on any atom is 0.253 e. The molecule has 4 rings (SSSR count). The molecule has 0 spiro atoms. The van der Waals surface area contributed by atoms with Crippen molar-refractivity contribution in [1.29, 1.82) is 0 Å². The third-order valence-corrected chi connectivity index (χ3v) is 6.37. The normalized spacial score (nSPS) is 14.8. The van der Waals surface area contributed by atoms with Gasteiger partial charge in [-0.2, -0.15) is 0 Å². The average Bonchev–Trinajstić information content (AvgIpc) is 2.84.